The summed E-state index contributed by atoms with van der Waals surface area (Å²) >= 11 is 6.18. The first-order valence-electron chi connectivity index (χ1n) is 7.05. The molecule has 0 spiro atoms. The van der Waals surface area contributed by atoms with Crippen molar-refractivity contribution in [3.63, 3.8) is 0 Å². The van der Waals surface area contributed by atoms with Gasteiger partial charge in [0.25, 0.3) is 0 Å². The van der Waals surface area contributed by atoms with Gasteiger partial charge >= 0.3 is 0 Å². The Morgan fingerprint density at radius 3 is 3.09 bits per heavy atom. The molecule has 0 radical (unpaired) electrons. The van der Waals surface area contributed by atoms with Gasteiger partial charge in [-0.15, -0.1) is 0 Å². The average molecular weight is 324 g/mol. The first-order valence-corrected chi connectivity index (χ1v) is 7.43. The normalized spacial score (nSPS) is 15.2. The third-order valence-electron chi connectivity index (χ3n) is 3.51. The van der Waals surface area contributed by atoms with Crippen LogP contribution in [-0.4, -0.2) is 20.5 Å². The molecule has 2 heterocycles. The van der Waals surface area contributed by atoms with Crippen molar-refractivity contribution < 1.29 is 18.6 Å². The number of rotatable bonds is 6. The topological polar surface area (TPSA) is 52.9 Å². The number of hydrogen-bond acceptors (Lipinski definition) is 5. The maximum absolute atomic E-state index is 6.18. The van der Waals surface area contributed by atoms with E-state index in [1.807, 2.05) is 24.3 Å². The molecule has 1 aromatic heterocycles. The summed E-state index contributed by atoms with van der Waals surface area (Å²) in [5, 5.41) is 4.09. The molecule has 1 aromatic carbocycles. The van der Waals surface area contributed by atoms with E-state index in [1.165, 1.54) is 0 Å². The number of halogens is 1. The SMILES string of the molecule is COCC(NCc1cc(Cl)cc2c1OCOC2)c1ccco1. The van der Waals surface area contributed by atoms with Crippen LogP contribution in [-0.2, 0) is 22.6 Å². The van der Waals surface area contributed by atoms with E-state index in [9.17, 15) is 0 Å². The van der Waals surface area contributed by atoms with Crippen molar-refractivity contribution in [1.29, 1.82) is 0 Å². The fourth-order valence-electron chi connectivity index (χ4n) is 2.52. The minimum Gasteiger partial charge on any atom is -0.468 e. The molecule has 1 aliphatic rings. The van der Waals surface area contributed by atoms with Crippen LogP contribution in [0, 0.1) is 0 Å². The van der Waals surface area contributed by atoms with E-state index in [2.05, 4.69) is 5.32 Å². The van der Waals surface area contributed by atoms with Crippen LogP contribution in [0.2, 0.25) is 5.02 Å². The van der Waals surface area contributed by atoms with Crippen LogP contribution in [0.15, 0.2) is 34.9 Å². The monoisotopic (exact) mass is 323 g/mol. The summed E-state index contributed by atoms with van der Waals surface area (Å²) in [6, 6.07) is 7.54. The van der Waals surface area contributed by atoms with Gasteiger partial charge in [-0.25, -0.2) is 0 Å². The molecule has 118 valence electrons. The molecule has 1 atom stereocenters. The molecule has 0 fully saturated rings. The van der Waals surface area contributed by atoms with Crippen LogP contribution in [0.5, 0.6) is 5.75 Å². The molecule has 1 unspecified atom stereocenters. The van der Waals surface area contributed by atoms with E-state index < -0.39 is 0 Å². The van der Waals surface area contributed by atoms with Crippen LogP contribution < -0.4 is 10.1 Å². The highest BCUT2D eigenvalue weighted by Gasteiger charge is 2.19. The van der Waals surface area contributed by atoms with Crippen LogP contribution in [0.3, 0.4) is 0 Å². The molecule has 0 saturated carbocycles. The van der Waals surface area contributed by atoms with Crippen molar-refractivity contribution >= 4 is 11.6 Å². The molecule has 0 amide bonds. The zero-order valence-corrected chi connectivity index (χ0v) is 13.1. The fourth-order valence-corrected chi connectivity index (χ4v) is 2.78. The van der Waals surface area contributed by atoms with Crippen LogP contribution in [0.1, 0.15) is 22.9 Å². The Balaban J connectivity index is 1.76. The van der Waals surface area contributed by atoms with Gasteiger partial charge in [0.05, 0.1) is 25.5 Å². The second kappa shape index (κ2) is 7.15. The maximum Gasteiger partial charge on any atom is 0.189 e. The van der Waals surface area contributed by atoms with Crippen LogP contribution >= 0.6 is 11.6 Å². The van der Waals surface area contributed by atoms with Crippen molar-refractivity contribution in [3.05, 3.63) is 52.4 Å². The Morgan fingerprint density at radius 1 is 1.41 bits per heavy atom. The van der Waals surface area contributed by atoms with Crippen molar-refractivity contribution in [2.75, 3.05) is 20.5 Å². The zero-order chi connectivity index (χ0) is 15.4. The summed E-state index contributed by atoms with van der Waals surface area (Å²) in [4.78, 5) is 0. The summed E-state index contributed by atoms with van der Waals surface area (Å²) in [6.45, 7) is 1.89. The van der Waals surface area contributed by atoms with Gasteiger partial charge in [-0.2, -0.15) is 0 Å². The highest BCUT2D eigenvalue weighted by atomic mass is 35.5. The molecule has 1 N–H and O–H groups in total. The number of ether oxygens (including phenoxy) is 3. The van der Waals surface area contributed by atoms with E-state index in [4.69, 9.17) is 30.2 Å². The third kappa shape index (κ3) is 3.44. The summed E-state index contributed by atoms with van der Waals surface area (Å²) in [7, 11) is 1.67. The predicted molar refractivity (Wildman–Crippen MR) is 81.9 cm³/mol. The minimum absolute atomic E-state index is 0.0329. The Hall–Kier alpha value is -1.53. The van der Waals surface area contributed by atoms with Crippen molar-refractivity contribution in [3.8, 4) is 5.75 Å². The molecular weight excluding hydrogens is 306 g/mol. The average Bonchev–Trinajstić information content (AvgIpc) is 3.05. The van der Waals surface area contributed by atoms with E-state index in [1.54, 1.807) is 13.4 Å². The molecular formula is C16H18ClNO4. The third-order valence-corrected chi connectivity index (χ3v) is 3.73. The molecule has 5 nitrogen and oxygen atoms in total. The molecule has 0 bridgehead atoms. The number of methoxy groups -OCH3 is 1. The van der Waals surface area contributed by atoms with E-state index in [-0.39, 0.29) is 12.8 Å². The number of furan rings is 1. The molecule has 3 rings (SSSR count). The second-order valence-electron chi connectivity index (χ2n) is 5.07. The van der Waals surface area contributed by atoms with Gasteiger partial charge in [0, 0.05) is 29.8 Å². The number of benzene rings is 1. The van der Waals surface area contributed by atoms with Crippen LogP contribution in [0.25, 0.3) is 0 Å². The fraction of sp³-hybridized carbons (Fsp3) is 0.375. The molecule has 0 aliphatic carbocycles. The molecule has 1 aliphatic heterocycles. The molecule has 22 heavy (non-hydrogen) atoms. The smallest absolute Gasteiger partial charge is 0.189 e. The lowest BCUT2D eigenvalue weighted by Crippen LogP contribution is -2.25. The van der Waals surface area contributed by atoms with E-state index in [0.29, 0.717) is 24.8 Å². The lowest BCUT2D eigenvalue weighted by molar-refractivity contribution is -0.0171. The summed E-state index contributed by atoms with van der Waals surface area (Å²) < 4.78 is 21.6. The summed E-state index contributed by atoms with van der Waals surface area (Å²) in [5.41, 5.74) is 1.97. The second-order valence-corrected chi connectivity index (χ2v) is 5.50. The number of fused-ring (bicyclic) bond motifs is 1. The van der Waals surface area contributed by atoms with Gasteiger partial charge in [-0.05, 0) is 24.3 Å². The number of hydrogen-bond donors (Lipinski definition) is 1. The summed E-state index contributed by atoms with van der Waals surface area (Å²) in [6.07, 6.45) is 1.65. The highest BCUT2D eigenvalue weighted by Crippen LogP contribution is 2.32. The van der Waals surface area contributed by atoms with E-state index in [0.717, 1.165) is 22.6 Å². The van der Waals surface area contributed by atoms with Gasteiger partial charge in [-0.3, -0.25) is 0 Å². The first kappa shape index (κ1) is 15.4. The Bertz CT molecular complexity index is 615. The van der Waals surface area contributed by atoms with Crippen LogP contribution in [0.4, 0.5) is 0 Å². The summed E-state index contributed by atoms with van der Waals surface area (Å²) in [5.74, 6) is 1.68. The Labute approximate surface area is 134 Å². The van der Waals surface area contributed by atoms with Crippen molar-refractivity contribution in [2.24, 2.45) is 0 Å². The Kier molecular flexibility index (Phi) is 5.00. The van der Waals surface area contributed by atoms with Gasteiger partial charge in [-0.1, -0.05) is 11.6 Å². The maximum atomic E-state index is 6.18. The van der Waals surface area contributed by atoms with Gasteiger partial charge < -0.3 is 23.9 Å². The largest absolute Gasteiger partial charge is 0.468 e. The molecule has 2 aromatic rings. The lowest BCUT2D eigenvalue weighted by atomic mass is 10.1. The van der Waals surface area contributed by atoms with Gasteiger partial charge in [0.15, 0.2) is 6.79 Å². The van der Waals surface area contributed by atoms with Gasteiger partial charge in [0.1, 0.15) is 11.5 Å². The first-order chi connectivity index (χ1) is 10.8. The van der Waals surface area contributed by atoms with Crippen molar-refractivity contribution in [2.45, 2.75) is 19.2 Å². The minimum atomic E-state index is -0.0329. The number of nitrogens with one attached hydrogen (secondary N) is 1. The van der Waals surface area contributed by atoms with E-state index >= 15 is 0 Å². The molecule has 0 saturated heterocycles. The van der Waals surface area contributed by atoms with Crippen molar-refractivity contribution in [1.82, 2.24) is 5.32 Å². The highest BCUT2D eigenvalue weighted by molar-refractivity contribution is 6.30. The Morgan fingerprint density at radius 2 is 2.32 bits per heavy atom. The molecule has 6 heteroatoms. The zero-order valence-electron chi connectivity index (χ0n) is 12.3. The van der Waals surface area contributed by atoms with Gasteiger partial charge in [0.2, 0.25) is 0 Å². The predicted octanol–water partition coefficient (Wildman–Crippen LogP) is 3.28. The standard InChI is InChI=1S/C16H18ClNO4/c1-19-9-14(15-3-2-4-21-15)18-7-11-5-13(17)6-12-8-20-10-22-16(11)12/h2-6,14,18H,7-10H2,1H3. The lowest BCUT2D eigenvalue weighted by Gasteiger charge is -2.22. The quantitative estimate of drug-likeness (QED) is 0.884.